The fourth-order valence-corrected chi connectivity index (χ4v) is 3.04. The van der Waals surface area contributed by atoms with Crippen LogP contribution < -0.4 is 11.5 Å². The molecule has 0 aliphatic heterocycles. The van der Waals surface area contributed by atoms with E-state index in [4.69, 9.17) is 11.5 Å². The summed E-state index contributed by atoms with van der Waals surface area (Å²) in [6, 6.07) is 0. The highest BCUT2D eigenvalue weighted by Gasteiger charge is 2.40. The predicted molar refractivity (Wildman–Crippen MR) is 79.9 cm³/mol. The molecule has 116 valence electrons. The fourth-order valence-electron chi connectivity index (χ4n) is 3.04. The number of hydrogen-bond donors (Lipinski definition) is 2. The van der Waals surface area contributed by atoms with Gasteiger partial charge >= 0.3 is 0 Å². The average Bonchev–Trinajstić information content (AvgIpc) is 2.68. The van der Waals surface area contributed by atoms with Crippen molar-refractivity contribution in [2.45, 2.75) is 58.3 Å². The Bertz CT molecular complexity index is 323. The summed E-state index contributed by atoms with van der Waals surface area (Å²) in [5.74, 6) is -0.413. The van der Waals surface area contributed by atoms with E-state index < -0.39 is 11.3 Å². The Kier molecular flexibility index (Phi) is 6.99. The average molecular weight is 283 g/mol. The van der Waals surface area contributed by atoms with E-state index in [0.717, 1.165) is 38.5 Å². The Morgan fingerprint density at radius 2 is 1.75 bits per heavy atom. The van der Waals surface area contributed by atoms with Crippen LogP contribution in [0.3, 0.4) is 0 Å². The summed E-state index contributed by atoms with van der Waals surface area (Å²) < 4.78 is 0. The molecule has 0 bridgehead atoms. The molecule has 0 radical (unpaired) electrons. The van der Waals surface area contributed by atoms with Crippen LogP contribution in [-0.2, 0) is 9.59 Å². The summed E-state index contributed by atoms with van der Waals surface area (Å²) in [5, 5.41) is 0. The summed E-state index contributed by atoms with van der Waals surface area (Å²) >= 11 is 0. The van der Waals surface area contributed by atoms with E-state index in [1.54, 1.807) is 4.90 Å². The SMILES string of the molecule is CCCCN(CC(N)=O)C(=O)C1(CN)CCCCCC1. The van der Waals surface area contributed by atoms with Crippen molar-refractivity contribution in [1.29, 1.82) is 0 Å². The van der Waals surface area contributed by atoms with Gasteiger partial charge < -0.3 is 16.4 Å². The van der Waals surface area contributed by atoms with E-state index in [9.17, 15) is 9.59 Å². The number of rotatable bonds is 7. The van der Waals surface area contributed by atoms with E-state index in [0.29, 0.717) is 13.1 Å². The maximum Gasteiger partial charge on any atom is 0.237 e. The summed E-state index contributed by atoms with van der Waals surface area (Å²) in [6.07, 6.45) is 7.97. The second kappa shape index (κ2) is 8.25. The molecule has 0 aromatic rings. The quantitative estimate of drug-likeness (QED) is 0.692. The first-order valence-electron chi connectivity index (χ1n) is 7.83. The van der Waals surface area contributed by atoms with Gasteiger partial charge in [0.05, 0.1) is 12.0 Å². The van der Waals surface area contributed by atoms with Crippen LogP contribution in [0.4, 0.5) is 0 Å². The van der Waals surface area contributed by atoms with Crippen molar-refractivity contribution < 1.29 is 9.59 Å². The lowest BCUT2D eigenvalue weighted by atomic mass is 9.79. The van der Waals surface area contributed by atoms with Crippen LogP contribution >= 0.6 is 0 Å². The van der Waals surface area contributed by atoms with Crippen LogP contribution in [0, 0.1) is 5.41 Å². The summed E-state index contributed by atoms with van der Waals surface area (Å²) in [6.45, 7) is 3.05. The lowest BCUT2D eigenvalue weighted by Crippen LogP contribution is -2.50. The number of amides is 2. The normalized spacial score (nSPS) is 18.3. The van der Waals surface area contributed by atoms with Gasteiger partial charge in [-0.05, 0) is 19.3 Å². The first kappa shape index (κ1) is 17.0. The monoisotopic (exact) mass is 283 g/mol. The highest BCUT2D eigenvalue weighted by molar-refractivity contribution is 5.87. The molecule has 1 aliphatic rings. The number of carbonyl (C=O) groups excluding carboxylic acids is 2. The zero-order chi connectivity index (χ0) is 15.0. The van der Waals surface area contributed by atoms with E-state index in [2.05, 4.69) is 6.92 Å². The van der Waals surface area contributed by atoms with E-state index >= 15 is 0 Å². The number of unbranched alkanes of at least 4 members (excludes halogenated alkanes) is 1. The van der Waals surface area contributed by atoms with Crippen molar-refractivity contribution in [1.82, 2.24) is 4.90 Å². The second-order valence-corrected chi connectivity index (χ2v) is 5.95. The molecule has 0 heterocycles. The van der Waals surface area contributed by atoms with Crippen molar-refractivity contribution in [3.8, 4) is 0 Å². The molecule has 1 saturated carbocycles. The van der Waals surface area contributed by atoms with Crippen LogP contribution in [0.5, 0.6) is 0 Å². The molecule has 5 nitrogen and oxygen atoms in total. The smallest absolute Gasteiger partial charge is 0.237 e. The van der Waals surface area contributed by atoms with E-state index in [-0.39, 0.29) is 12.5 Å². The van der Waals surface area contributed by atoms with Crippen LogP contribution in [0.25, 0.3) is 0 Å². The molecule has 0 unspecified atom stereocenters. The Labute approximate surface area is 122 Å². The third-order valence-corrected chi connectivity index (χ3v) is 4.32. The third-order valence-electron chi connectivity index (χ3n) is 4.32. The maximum absolute atomic E-state index is 12.9. The predicted octanol–water partition coefficient (Wildman–Crippen LogP) is 1.40. The number of nitrogens with two attached hydrogens (primary N) is 2. The first-order chi connectivity index (χ1) is 9.55. The van der Waals surface area contributed by atoms with Gasteiger partial charge in [0, 0.05) is 13.1 Å². The molecule has 4 N–H and O–H groups in total. The highest BCUT2D eigenvalue weighted by Crippen LogP contribution is 2.36. The number of nitrogens with zero attached hydrogens (tertiary/aromatic N) is 1. The Balaban J connectivity index is 2.84. The minimum absolute atomic E-state index is 0.0145. The molecule has 0 atom stereocenters. The Morgan fingerprint density at radius 1 is 1.15 bits per heavy atom. The minimum atomic E-state index is -0.473. The van der Waals surface area contributed by atoms with Crippen LogP contribution in [0.2, 0.25) is 0 Å². The molecular formula is C15H29N3O2. The summed E-state index contributed by atoms with van der Waals surface area (Å²) in [5.41, 5.74) is 10.8. The molecule has 0 spiro atoms. The Hall–Kier alpha value is -1.10. The molecule has 1 fully saturated rings. The zero-order valence-electron chi connectivity index (χ0n) is 12.7. The van der Waals surface area contributed by atoms with Crippen molar-refractivity contribution in [2.24, 2.45) is 16.9 Å². The summed E-state index contributed by atoms with van der Waals surface area (Å²) in [4.78, 5) is 25.7. The van der Waals surface area contributed by atoms with Crippen molar-refractivity contribution >= 4 is 11.8 Å². The minimum Gasteiger partial charge on any atom is -0.368 e. The third kappa shape index (κ3) is 4.47. The molecule has 1 rings (SSSR count). The van der Waals surface area contributed by atoms with Crippen molar-refractivity contribution in [3.05, 3.63) is 0 Å². The topological polar surface area (TPSA) is 89.4 Å². The van der Waals surface area contributed by atoms with Gasteiger partial charge in [0.25, 0.3) is 0 Å². The molecule has 20 heavy (non-hydrogen) atoms. The summed E-state index contributed by atoms with van der Waals surface area (Å²) in [7, 11) is 0. The maximum atomic E-state index is 12.9. The van der Waals surface area contributed by atoms with E-state index in [1.165, 1.54) is 12.8 Å². The van der Waals surface area contributed by atoms with Gasteiger partial charge in [-0.2, -0.15) is 0 Å². The number of hydrogen-bond acceptors (Lipinski definition) is 3. The molecule has 0 aromatic heterocycles. The van der Waals surface area contributed by atoms with Crippen LogP contribution in [0.1, 0.15) is 58.3 Å². The lowest BCUT2D eigenvalue weighted by Gasteiger charge is -2.35. The van der Waals surface area contributed by atoms with Gasteiger partial charge in [-0.25, -0.2) is 0 Å². The van der Waals surface area contributed by atoms with Gasteiger partial charge in [-0.3, -0.25) is 9.59 Å². The van der Waals surface area contributed by atoms with Gasteiger partial charge in [0.2, 0.25) is 11.8 Å². The standard InChI is InChI=1S/C15H29N3O2/c1-2-3-10-18(11-13(17)19)14(20)15(12-16)8-6-4-5-7-9-15/h2-12,16H2,1H3,(H2,17,19). The number of carbonyl (C=O) groups is 2. The lowest BCUT2D eigenvalue weighted by molar-refractivity contribution is -0.145. The second-order valence-electron chi connectivity index (χ2n) is 5.95. The van der Waals surface area contributed by atoms with Crippen molar-refractivity contribution in [2.75, 3.05) is 19.6 Å². The van der Waals surface area contributed by atoms with Crippen LogP contribution in [-0.4, -0.2) is 36.3 Å². The molecule has 5 heteroatoms. The molecular weight excluding hydrogens is 254 g/mol. The number of primary amides is 1. The molecule has 0 saturated heterocycles. The fraction of sp³-hybridized carbons (Fsp3) is 0.867. The Morgan fingerprint density at radius 3 is 2.20 bits per heavy atom. The van der Waals surface area contributed by atoms with Gasteiger partial charge in [0.1, 0.15) is 0 Å². The van der Waals surface area contributed by atoms with E-state index in [1.807, 2.05) is 0 Å². The molecule has 2 amide bonds. The van der Waals surface area contributed by atoms with Gasteiger partial charge in [0.15, 0.2) is 0 Å². The van der Waals surface area contributed by atoms with Gasteiger partial charge in [-0.1, -0.05) is 39.0 Å². The van der Waals surface area contributed by atoms with Gasteiger partial charge in [-0.15, -0.1) is 0 Å². The van der Waals surface area contributed by atoms with Crippen molar-refractivity contribution in [3.63, 3.8) is 0 Å². The molecule has 0 aromatic carbocycles. The first-order valence-corrected chi connectivity index (χ1v) is 7.83. The molecule has 1 aliphatic carbocycles. The van der Waals surface area contributed by atoms with Crippen LogP contribution in [0.15, 0.2) is 0 Å². The highest BCUT2D eigenvalue weighted by atomic mass is 16.2. The zero-order valence-corrected chi connectivity index (χ0v) is 12.7. The largest absolute Gasteiger partial charge is 0.368 e.